The maximum Gasteiger partial charge on any atom is 0.219 e. The van der Waals surface area contributed by atoms with Crippen LogP contribution in [-0.2, 0) is 9.63 Å². The number of hydroxylamine groups is 2. The largest absolute Gasteiger partial charge is 0.343 e. The molecule has 0 saturated carbocycles. The van der Waals surface area contributed by atoms with Crippen molar-refractivity contribution in [3.05, 3.63) is 0 Å². The van der Waals surface area contributed by atoms with Gasteiger partial charge in [0.1, 0.15) is 0 Å². The summed E-state index contributed by atoms with van der Waals surface area (Å²) in [5, 5.41) is 2.06. The van der Waals surface area contributed by atoms with Crippen LogP contribution in [-0.4, -0.2) is 47.1 Å². The van der Waals surface area contributed by atoms with E-state index < -0.39 is 0 Å². The maximum absolute atomic E-state index is 11.5. The Balaban J connectivity index is 2.95. The van der Waals surface area contributed by atoms with Crippen molar-refractivity contribution in [1.82, 2.24) is 9.96 Å². The fourth-order valence-corrected chi connectivity index (χ4v) is 3.24. The molecule has 1 fully saturated rings. The second-order valence-corrected chi connectivity index (χ2v) is 6.29. The van der Waals surface area contributed by atoms with E-state index in [9.17, 15) is 4.79 Å². The highest BCUT2D eigenvalue weighted by Gasteiger charge is 2.47. The molecule has 100 valence electrons. The van der Waals surface area contributed by atoms with Gasteiger partial charge in [0.2, 0.25) is 5.91 Å². The Morgan fingerprint density at radius 1 is 1.24 bits per heavy atom. The topological polar surface area (TPSA) is 32.8 Å². The van der Waals surface area contributed by atoms with E-state index in [-0.39, 0.29) is 23.0 Å². The van der Waals surface area contributed by atoms with Crippen molar-refractivity contribution in [2.24, 2.45) is 0 Å². The van der Waals surface area contributed by atoms with Crippen LogP contribution < -0.4 is 0 Å². The Bertz CT molecular complexity index is 282. The standard InChI is InChI=1S/C13H26N2O2/c1-10(16)14(6)11-8-12(2,3)15(17-7)13(4,5)9-11/h11H,8-9H2,1-7H3. The van der Waals surface area contributed by atoms with Crippen LogP contribution in [0.25, 0.3) is 0 Å². The van der Waals surface area contributed by atoms with Gasteiger partial charge in [-0.3, -0.25) is 4.79 Å². The molecular formula is C13H26N2O2. The molecular weight excluding hydrogens is 216 g/mol. The fraction of sp³-hybridized carbons (Fsp3) is 0.923. The quantitative estimate of drug-likeness (QED) is 0.743. The normalized spacial score (nSPS) is 24.6. The second-order valence-electron chi connectivity index (χ2n) is 6.29. The number of amides is 1. The van der Waals surface area contributed by atoms with Crippen LogP contribution in [0.4, 0.5) is 0 Å². The van der Waals surface area contributed by atoms with Crippen LogP contribution >= 0.6 is 0 Å². The second kappa shape index (κ2) is 4.58. The van der Waals surface area contributed by atoms with E-state index in [1.54, 1.807) is 14.0 Å². The van der Waals surface area contributed by atoms with Crippen molar-refractivity contribution >= 4 is 5.91 Å². The molecule has 1 aliphatic heterocycles. The monoisotopic (exact) mass is 242 g/mol. The molecule has 4 nitrogen and oxygen atoms in total. The highest BCUT2D eigenvalue weighted by Crippen LogP contribution is 2.39. The molecule has 1 aliphatic rings. The van der Waals surface area contributed by atoms with Crippen molar-refractivity contribution in [3.63, 3.8) is 0 Å². The average Bonchev–Trinajstić information content (AvgIpc) is 2.13. The van der Waals surface area contributed by atoms with Crippen molar-refractivity contribution in [2.75, 3.05) is 14.2 Å². The lowest BCUT2D eigenvalue weighted by Crippen LogP contribution is -2.63. The summed E-state index contributed by atoms with van der Waals surface area (Å²) in [6.07, 6.45) is 1.86. The molecule has 0 aromatic carbocycles. The van der Waals surface area contributed by atoms with Crippen LogP contribution in [0.2, 0.25) is 0 Å². The number of carbonyl (C=O) groups excluding carboxylic acids is 1. The zero-order valence-electron chi connectivity index (χ0n) is 12.2. The Morgan fingerprint density at radius 2 is 1.65 bits per heavy atom. The summed E-state index contributed by atoms with van der Waals surface area (Å²) in [5.41, 5.74) is -0.129. The van der Waals surface area contributed by atoms with Gasteiger partial charge >= 0.3 is 0 Å². The van der Waals surface area contributed by atoms with Gasteiger partial charge in [-0.2, -0.15) is 5.06 Å². The van der Waals surface area contributed by atoms with Crippen LogP contribution in [0.1, 0.15) is 47.5 Å². The highest BCUT2D eigenvalue weighted by molar-refractivity contribution is 5.73. The molecule has 0 bridgehead atoms. The first kappa shape index (κ1) is 14.5. The number of hydrogen-bond acceptors (Lipinski definition) is 3. The Hall–Kier alpha value is -0.610. The van der Waals surface area contributed by atoms with Crippen molar-refractivity contribution in [2.45, 2.75) is 64.6 Å². The number of piperidine rings is 1. The van der Waals surface area contributed by atoms with Crippen LogP contribution in [0.3, 0.4) is 0 Å². The molecule has 0 unspecified atom stereocenters. The van der Waals surface area contributed by atoms with Crippen LogP contribution in [0.15, 0.2) is 0 Å². The van der Waals surface area contributed by atoms with Crippen molar-refractivity contribution in [1.29, 1.82) is 0 Å². The first-order chi connectivity index (χ1) is 7.62. The SMILES string of the molecule is CON1C(C)(C)CC(N(C)C(C)=O)CC1(C)C. The van der Waals surface area contributed by atoms with E-state index in [1.165, 1.54) is 0 Å². The lowest BCUT2D eigenvalue weighted by atomic mass is 9.78. The molecule has 0 radical (unpaired) electrons. The van der Waals surface area contributed by atoms with Gasteiger partial charge < -0.3 is 9.74 Å². The molecule has 1 amide bonds. The Kier molecular flexibility index (Phi) is 3.89. The fourth-order valence-electron chi connectivity index (χ4n) is 3.24. The smallest absolute Gasteiger partial charge is 0.219 e. The summed E-state index contributed by atoms with van der Waals surface area (Å²) in [7, 11) is 3.61. The van der Waals surface area contributed by atoms with Gasteiger partial charge in [0.05, 0.1) is 7.11 Å². The van der Waals surface area contributed by atoms with Gasteiger partial charge in [0.25, 0.3) is 0 Å². The minimum atomic E-state index is -0.0646. The summed E-state index contributed by atoms with van der Waals surface area (Å²) in [6.45, 7) is 10.3. The summed E-state index contributed by atoms with van der Waals surface area (Å²) < 4.78 is 0. The van der Waals surface area contributed by atoms with E-state index in [0.29, 0.717) is 0 Å². The van der Waals surface area contributed by atoms with Gasteiger partial charge in [-0.05, 0) is 40.5 Å². The first-order valence-corrected chi connectivity index (χ1v) is 6.19. The zero-order chi connectivity index (χ0) is 13.4. The van der Waals surface area contributed by atoms with Crippen molar-refractivity contribution in [3.8, 4) is 0 Å². The van der Waals surface area contributed by atoms with Gasteiger partial charge in [-0.15, -0.1) is 0 Å². The predicted octanol–water partition coefficient (Wildman–Crippen LogP) is 2.05. The molecule has 0 aromatic heterocycles. The van der Waals surface area contributed by atoms with E-state index in [0.717, 1.165) is 12.8 Å². The third-order valence-electron chi connectivity index (χ3n) is 3.80. The van der Waals surface area contributed by atoms with Gasteiger partial charge in [0, 0.05) is 31.1 Å². The molecule has 0 atom stereocenters. The van der Waals surface area contributed by atoms with Crippen LogP contribution in [0.5, 0.6) is 0 Å². The van der Waals surface area contributed by atoms with Gasteiger partial charge in [-0.25, -0.2) is 0 Å². The molecule has 4 heteroatoms. The minimum Gasteiger partial charge on any atom is -0.343 e. The lowest BCUT2D eigenvalue weighted by Gasteiger charge is -2.54. The molecule has 17 heavy (non-hydrogen) atoms. The zero-order valence-corrected chi connectivity index (χ0v) is 12.2. The molecule has 0 N–H and O–H groups in total. The van der Waals surface area contributed by atoms with Gasteiger partial charge in [0.15, 0.2) is 0 Å². The summed E-state index contributed by atoms with van der Waals surface area (Å²) in [6, 6.07) is 0.281. The van der Waals surface area contributed by atoms with E-state index >= 15 is 0 Å². The number of hydrogen-bond donors (Lipinski definition) is 0. The molecule has 0 aromatic rings. The third-order valence-corrected chi connectivity index (χ3v) is 3.80. The van der Waals surface area contributed by atoms with E-state index in [4.69, 9.17) is 4.84 Å². The number of carbonyl (C=O) groups is 1. The number of rotatable bonds is 2. The van der Waals surface area contributed by atoms with Crippen LogP contribution in [0, 0.1) is 0 Å². The lowest BCUT2D eigenvalue weighted by molar-refractivity contribution is -0.271. The summed E-state index contributed by atoms with van der Waals surface area (Å²) in [5.74, 6) is 0.132. The summed E-state index contributed by atoms with van der Waals surface area (Å²) >= 11 is 0. The Morgan fingerprint density at radius 3 is 1.94 bits per heavy atom. The Labute approximate surface area is 105 Å². The van der Waals surface area contributed by atoms with E-state index in [2.05, 4.69) is 32.8 Å². The highest BCUT2D eigenvalue weighted by atomic mass is 16.7. The van der Waals surface area contributed by atoms with Crippen molar-refractivity contribution < 1.29 is 9.63 Å². The van der Waals surface area contributed by atoms with E-state index in [1.807, 2.05) is 11.9 Å². The maximum atomic E-state index is 11.5. The third kappa shape index (κ3) is 2.80. The summed E-state index contributed by atoms with van der Waals surface area (Å²) in [4.78, 5) is 18.9. The first-order valence-electron chi connectivity index (χ1n) is 6.19. The molecule has 0 aliphatic carbocycles. The molecule has 1 rings (SSSR count). The molecule has 1 heterocycles. The van der Waals surface area contributed by atoms with Gasteiger partial charge in [-0.1, -0.05) is 0 Å². The minimum absolute atomic E-state index is 0.0646. The molecule has 0 spiro atoms. The number of nitrogens with zero attached hydrogens (tertiary/aromatic N) is 2. The predicted molar refractivity (Wildman–Crippen MR) is 68.5 cm³/mol. The molecule has 1 saturated heterocycles. The average molecular weight is 242 g/mol.